The first-order valence-corrected chi connectivity index (χ1v) is 16.4. The number of aromatic hydroxyl groups is 1. The molecule has 0 amide bonds. The molecular formula is C43H39N3O. The number of benzene rings is 4. The lowest BCUT2D eigenvalue weighted by Gasteiger charge is -2.15. The fraction of sp³-hybridized carbons (Fsp3) is 0.163. The monoisotopic (exact) mass is 613 g/mol. The van der Waals surface area contributed by atoms with Crippen LogP contribution in [-0.2, 0) is 0 Å². The van der Waals surface area contributed by atoms with E-state index in [1.165, 1.54) is 11.1 Å². The van der Waals surface area contributed by atoms with Gasteiger partial charge in [-0.1, -0.05) is 119 Å². The van der Waals surface area contributed by atoms with Gasteiger partial charge in [0.15, 0.2) is 0 Å². The highest BCUT2D eigenvalue weighted by Gasteiger charge is 2.20. The van der Waals surface area contributed by atoms with Crippen LogP contribution >= 0.6 is 0 Å². The summed E-state index contributed by atoms with van der Waals surface area (Å²) in [4.78, 5) is 10.5. The summed E-state index contributed by atoms with van der Waals surface area (Å²) in [5.41, 5.74) is 13.9. The largest absolute Gasteiger partial charge is 0.507 e. The number of aromatic nitrogens is 3. The Hall–Kier alpha value is -5.48. The molecule has 3 aromatic heterocycles. The van der Waals surface area contributed by atoms with Crippen LogP contribution in [-0.4, -0.2) is 19.5 Å². The van der Waals surface area contributed by atoms with E-state index in [1.54, 1.807) is 0 Å². The molecule has 0 radical (unpaired) electrons. The van der Waals surface area contributed by atoms with Crippen molar-refractivity contribution in [1.82, 2.24) is 14.4 Å². The van der Waals surface area contributed by atoms with Gasteiger partial charge in [-0.2, -0.15) is 0 Å². The summed E-state index contributed by atoms with van der Waals surface area (Å²) in [5.74, 6) is 0.808. The number of hydrogen-bond acceptors (Lipinski definition) is 3. The number of rotatable bonds is 7. The predicted octanol–water partition coefficient (Wildman–Crippen LogP) is 11.3. The highest BCUT2D eigenvalue weighted by molar-refractivity contribution is 5.86. The minimum Gasteiger partial charge on any atom is -0.507 e. The molecule has 7 rings (SSSR count). The van der Waals surface area contributed by atoms with Gasteiger partial charge in [-0.05, 0) is 76.9 Å². The SMILES string of the molecule is Cc1ccccc1-c1cc(-c2cccc(-c3nc4c(C(C)C)cccn4c3-c3ccccc3)c2)nc(-c2cccc(C(C)C)c2O)c1. The fourth-order valence-corrected chi connectivity index (χ4v) is 6.54. The molecule has 232 valence electrons. The summed E-state index contributed by atoms with van der Waals surface area (Å²) in [6.45, 7) is 10.8. The first-order chi connectivity index (χ1) is 22.8. The van der Waals surface area contributed by atoms with Gasteiger partial charge in [0.25, 0.3) is 0 Å². The standard InChI is InChI=1S/C43H39N3O/c1-27(2)34-20-12-21-37(42(34)47)39-26-33(36-19-10-9-14-29(36)5)25-38(44-39)31-17-11-18-32(24-31)40-41(30-15-7-6-8-16-30)46-23-13-22-35(28(3)4)43(46)45-40/h6-28,47H,1-5H3. The van der Waals surface area contributed by atoms with Crippen molar-refractivity contribution in [3.63, 3.8) is 0 Å². The summed E-state index contributed by atoms with van der Waals surface area (Å²) in [6.07, 6.45) is 2.11. The molecule has 4 heteroatoms. The average Bonchev–Trinajstić information content (AvgIpc) is 3.48. The Labute approximate surface area is 277 Å². The van der Waals surface area contributed by atoms with Crippen LogP contribution in [0.1, 0.15) is 56.2 Å². The molecule has 4 nitrogen and oxygen atoms in total. The Morgan fingerprint density at radius 1 is 0.553 bits per heavy atom. The molecule has 7 aromatic rings. The van der Waals surface area contributed by atoms with Gasteiger partial charge in [-0.15, -0.1) is 0 Å². The van der Waals surface area contributed by atoms with E-state index in [1.807, 2.05) is 24.3 Å². The van der Waals surface area contributed by atoms with E-state index >= 15 is 0 Å². The highest BCUT2D eigenvalue weighted by atomic mass is 16.3. The van der Waals surface area contributed by atoms with Gasteiger partial charge in [0.1, 0.15) is 11.4 Å². The number of aryl methyl sites for hydroxylation is 1. The number of hydrogen-bond donors (Lipinski definition) is 1. The highest BCUT2D eigenvalue weighted by Crippen LogP contribution is 2.40. The molecule has 3 heterocycles. The van der Waals surface area contributed by atoms with Gasteiger partial charge in [0.05, 0.1) is 22.8 Å². The van der Waals surface area contributed by atoms with E-state index in [4.69, 9.17) is 9.97 Å². The molecule has 0 atom stereocenters. The maximum absolute atomic E-state index is 11.4. The van der Waals surface area contributed by atoms with E-state index in [0.29, 0.717) is 5.92 Å². The van der Waals surface area contributed by atoms with Crippen LogP contribution in [0.3, 0.4) is 0 Å². The zero-order chi connectivity index (χ0) is 32.7. The molecule has 0 spiro atoms. The molecule has 0 aliphatic carbocycles. The minimum atomic E-state index is 0.186. The molecule has 0 fully saturated rings. The number of pyridine rings is 2. The average molecular weight is 614 g/mol. The normalized spacial score (nSPS) is 11.6. The predicted molar refractivity (Wildman–Crippen MR) is 195 cm³/mol. The summed E-state index contributed by atoms with van der Waals surface area (Å²) >= 11 is 0. The molecule has 0 aliphatic heterocycles. The molecule has 4 aromatic carbocycles. The Bertz CT molecular complexity index is 2230. The number of imidazole rings is 1. The lowest BCUT2D eigenvalue weighted by atomic mass is 9.94. The smallest absolute Gasteiger partial charge is 0.141 e. The fourth-order valence-electron chi connectivity index (χ4n) is 6.54. The molecule has 1 N–H and O–H groups in total. The molecule has 0 bridgehead atoms. The molecule has 0 saturated carbocycles. The maximum atomic E-state index is 11.4. The van der Waals surface area contributed by atoms with Crippen molar-refractivity contribution in [3.05, 3.63) is 144 Å². The Morgan fingerprint density at radius 3 is 1.96 bits per heavy atom. The van der Waals surface area contributed by atoms with Crippen molar-refractivity contribution in [3.8, 4) is 61.9 Å². The first-order valence-electron chi connectivity index (χ1n) is 16.4. The third-order valence-electron chi connectivity index (χ3n) is 9.03. The quantitative estimate of drug-likeness (QED) is 0.195. The summed E-state index contributed by atoms with van der Waals surface area (Å²) in [5, 5.41) is 11.4. The zero-order valence-corrected chi connectivity index (χ0v) is 27.6. The molecule has 0 unspecified atom stereocenters. The van der Waals surface area contributed by atoms with Crippen LogP contribution < -0.4 is 0 Å². The molecule has 0 saturated heterocycles. The number of nitrogens with zero attached hydrogens (tertiary/aromatic N) is 3. The minimum absolute atomic E-state index is 0.186. The van der Waals surface area contributed by atoms with Gasteiger partial charge in [-0.3, -0.25) is 4.40 Å². The van der Waals surface area contributed by atoms with E-state index in [9.17, 15) is 5.11 Å². The molecule has 47 heavy (non-hydrogen) atoms. The second-order valence-corrected chi connectivity index (χ2v) is 12.9. The van der Waals surface area contributed by atoms with Crippen molar-refractivity contribution < 1.29 is 5.11 Å². The van der Waals surface area contributed by atoms with Crippen molar-refractivity contribution >= 4 is 5.65 Å². The summed E-state index contributed by atoms with van der Waals surface area (Å²) in [6, 6.07) is 41.9. The van der Waals surface area contributed by atoms with Gasteiger partial charge in [0.2, 0.25) is 0 Å². The Balaban J connectivity index is 1.45. The second-order valence-electron chi connectivity index (χ2n) is 12.9. The third kappa shape index (κ3) is 5.61. The van der Waals surface area contributed by atoms with Crippen molar-refractivity contribution in [1.29, 1.82) is 0 Å². The first kappa shape index (κ1) is 30.2. The van der Waals surface area contributed by atoms with Crippen molar-refractivity contribution in [2.75, 3.05) is 0 Å². The van der Waals surface area contributed by atoms with Crippen LogP contribution in [0.5, 0.6) is 5.75 Å². The van der Waals surface area contributed by atoms with Crippen LogP contribution in [0.25, 0.3) is 61.8 Å². The summed E-state index contributed by atoms with van der Waals surface area (Å²) < 4.78 is 2.23. The van der Waals surface area contributed by atoms with E-state index < -0.39 is 0 Å². The topological polar surface area (TPSA) is 50.4 Å². The number of para-hydroxylation sites is 1. The molecule has 0 aliphatic rings. The van der Waals surface area contributed by atoms with Gasteiger partial charge in [-0.25, -0.2) is 9.97 Å². The van der Waals surface area contributed by atoms with E-state index in [-0.39, 0.29) is 11.7 Å². The van der Waals surface area contributed by atoms with E-state index in [2.05, 4.69) is 142 Å². The van der Waals surface area contributed by atoms with Gasteiger partial charge >= 0.3 is 0 Å². The molecular weight excluding hydrogens is 574 g/mol. The number of fused-ring (bicyclic) bond motifs is 1. The summed E-state index contributed by atoms with van der Waals surface area (Å²) in [7, 11) is 0. The van der Waals surface area contributed by atoms with Crippen LogP contribution in [0.15, 0.2) is 128 Å². The van der Waals surface area contributed by atoms with E-state index in [0.717, 1.165) is 67.4 Å². The Kier molecular flexibility index (Phi) is 7.95. The van der Waals surface area contributed by atoms with Crippen molar-refractivity contribution in [2.24, 2.45) is 0 Å². The van der Waals surface area contributed by atoms with Gasteiger partial charge in [0, 0.05) is 28.5 Å². The van der Waals surface area contributed by atoms with Crippen LogP contribution in [0.2, 0.25) is 0 Å². The Morgan fingerprint density at radius 2 is 1.19 bits per heavy atom. The second kappa shape index (κ2) is 12.4. The number of phenols is 1. The van der Waals surface area contributed by atoms with Crippen LogP contribution in [0, 0.1) is 6.92 Å². The van der Waals surface area contributed by atoms with Gasteiger partial charge < -0.3 is 5.11 Å². The van der Waals surface area contributed by atoms with Crippen LogP contribution in [0.4, 0.5) is 0 Å². The maximum Gasteiger partial charge on any atom is 0.141 e. The lowest BCUT2D eigenvalue weighted by molar-refractivity contribution is 0.466. The third-order valence-corrected chi connectivity index (χ3v) is 9.03. The lowest BCUT2D eigenvalue weighted by Crippen LogP contribution is -1.95. The zero-order valence-electron chi connectivity index (χ0n) is 27.6. The number of phenolic OH excluding ortho intramolecular Hbond substituents is 1. The van der Waals surface area contributed by atoms with Crippen molar-refractivity contribution in [2.45, 2.75) is 46.5 Å².